The van der Waals surface area contributed by atoms with Gasteiger partial charge in [-0.05, 0) is 45.1 Å². The predicted octanol–water partition coefficient (Wildman–Crippen LogP) is 2.00. The average Bonchev–Trinajstić information content (AvgIpc) is 2.82. The van der Waals surface area contributed by atoms with Crippen molar-refractivity contribution in [3.63, 3.8) is 0 Å². The molecule has 2 rings (SSSR count). The van der Waals surface area contributed by atoms with Gasteiger partial charge < -0.3 is 10.5 Å². The van der Waals surface area contributed by atoms with Gasteiger partial charge >= 0.3 is 0 Å². The second-order valence-electron chi connectivity index (χ2n) is 6.81. The van der Waals surface area contributed by atoms with E-state index in [1.807, 2.05) is 0 Å². The van der Waals surface area contributed by atoms with Crippen molar-refractivity contribution in [2.24, 2.45) is 11.1 Å². The van der Waals surface area contributed by atoms with E-state index in [-0.39, 0.29) is 5.54 Å². The van der Waals surface area contributed by atoms with Crippen LogP contribution in [-0.2, 0) is 4.74 Å². The Kier molecular flexibility index (Phi) is 3.54. The Morgan fingerprint density at radius 2 is 2.06 bits per heavy atom. The van der Waals surface area contributed by atoms with Gasteiger partial charge in [0.1, 0.15) is 0 Å². The minimum atomic E-state index is 0.204. The molecular formula is C14H28N2O. The first-order valence-corrected chi connectivity index (χ1v) is 6.95. The summed E-state index contributed by atoms with van der Waals surface area (Å²) in [6, 6.07) is 0.549. The zero-order valence-electron chi connectivity index (χ0n) is 11.8. The molecule has 3 nitrogen and oxygen atoms in total. The summed E-state index contributed by atoms with van der Waals surface area (Å²) in [5, 5.41) is 0. The van der Waals surface area contributed by atoms with Crippen LogP contribution in [0.2, 0.25) is 0 Å². The van der Waals surface area contributed by atoms with Crippen LogP contribution in [0.25, 0.3) is 0 Å². The smallest absolute Gasteiger partial charge is 0.0703 e. The number of hydrogen-bond donors (Lipinski definition) is 1. The van der Waals surface area contributed by atoms with Gasteiger partial charge in [0.25, 0.3) is 0 Å². The van der Waals surface area contributed by atoms with Crippen molar-refractivity contribution in [3.05, 3.63) is 0 Å². The van der Waals surface area contributed by atoms with Gasteiger partial charge in [-0.3, -0.25) is 4.90 Å². The van der Waals surface area contributed by atoms with Gasteiger partial charge in [-0.15, -0.1) is 0 Å². The highest BCUT2D eigenvalue weighted by Crippen LogP contribution is 2.47. The van der Waals surface area contributed by atoms with Crippen LogP contribution in [0, 0.1) is 5.41 Å². The van der Waals surface area contributed by atoms with Crippen LogP contribution in [0.15, 0.2) is 0 Å². The molecule has 3 heteroatoms. The molecule has 1 saturated carbocycles. The number of nitrogens with zero attached hydrogens (tertiary/aromatic N) is 1. The van der Waals surface area contributed by atoms with Crippen molar-refractivity contribution in [2.45, 2.75) is 64.1 Å². The van der Waals surface area contributed by atoms with E-state index in [9.17, 15) is 0 Å². The Balaban J connectivity index is 2.13. The Morgan fingerprint density at radius 3 is 2.47 bits per heavy atom. The van der Waals surface area contributed by atoms with Crippen LogP contribution in [0.3, 0.4) is 0 Å². The van der Waals surface area contributed by atoms with Gasteiger partial charge in [0.15, 0.2) is 0 Å². The lowest BCUT2D eigenvalue weighted by Crippen LogP contribution is -2.56. The standard InChI is InChI=1S/C14H28N2O/c1-11-12(5-8-17-11)16(4)14(10-15)7-6-13(2,3)9-14/h11-12H,5-10,15H2,1-4H3. The molecular weight excluding hydrogens is 212 g/mol. The minimum Gasteiger partial charge on any atom is -0.377 e. The van der Waals surface area contributed by atoms with Crippen LogP contribution in [0.4, 0.5) is 0 Å². The molecule has 1 saturated heterocycles. The monoisotopic (exact) mass is 240 g/mol. The Morgan fingerprint density at radius 1 is 1.35 bits per heavy atom. The third-order valence-electron chi connectivity index (χ3n) is 5.04. The second-order valence-corrected chi connectivity index (χ2v) is 6.81. The molecule has 0 bridgehead atoms. The van der Waals surface area contributed by atoms with E-state index in [0.29, 0.717) is 17.6 Å². The molecule has 1 aliphatic heterocycles. The average molecular weight is 240 g/mol. The lowest BCUT2D eigenvalue weighted by Gasteiger charge is -2.43. The molecule has 100 valence electrons. The summed E-state index contributed by atoms with van der Waals surface area (Å²) in [4.78, 5) is 2.54. The van der Waals surface area contributed by atoms with E-state index in [0.717, 1.165) is 19.6 Å². The maximum absolute atomic E-state index is 6.12. The van der Waals surface area contributed by atoms with Gasteiger partial charge in [-0.25, -0.2) is 0 Å². The fraction of sp³-hybridized carbons (Fsp3) is 1.00. The van der Waals surface area contributed by atoms with Crippen molar-refractivity contribution >= 4 is 0 Å². The number of rotatable bonds is 3. The molecule has 0 aromatic rings. The van der Waals surface area contributed by atoms with Gasteiger partial charge in [-0.2, -0.15) is 0 Å². The molecule has 0 spiro atoms. The second kappa shape index (κ2) is 4.52. The molecule has 2 fully saturated rings. The molecule has 17 heavy (non-hydrogen) atoms. The zero-order valence-corrected chi connectivity index (χ0v) is 11.8. The first kappa shape index (κ1) is 13.3. The summed E-state index contributed by atoms with van der Waals surface area (Å²) in [6.07, 6.45) is 5.25. The summed E-state index contributed by atoms with van der Waals surface area (Å²) in [6.45, 7) is 8.61. The minimum absolute atomic E-state index is 0.204. The maximum atomic E-state index is 6.12. The molecule has 1 heterocycles. The molecule has 0 aromatic heterocycles. The van der Waals surface area contributed by atoms with E-state index in [1.165, 1.54) is 19.3 Å². The van der Waals surface area contributed by atoms with E-state index >= 15 is 0 Å². The summed E-state index contributed by atoms with van der Waals surface area (Å²) >= 11 is 0. The first-order valence-electron chi connectivity index (χ1n) is 6.95. The molecule has 0 aromatic carbocycles. The number of likely N-dealkylation sites (N-methyl/N-ethyl adjacent to an activating group) is 1. The molecule has 2 aliphatic rings. The van der Waals surface area contributed by atoms with Crippen LogP contribution >= 0.6 is 0 Å². The molecule has 3 unspecified atom stereocenters. The van der Waals surface area contributed by atoms with Crippen LogP contribution in [0.5, 0.6) is 0 Å². The quantitative estimate of drug-likeness (QED) is 0.820. The van der Waals surface area contributed by atoms with Crippen molar-refractivity contribution in [1.82, 2.24) is 4.90 Å². The number of ether oxygens (including phenoxy) is 1. The van der Waals surface area contributed by atoms with Crippen molar-refractivity contribution in [1.29, 1.82) is 0 Å². The van der Waals surface area contributed by atoms with E-state index in [2.05, 4.69) is 32.7 Å². The Labute approximate surface area is 106 Å². The fourth-order valence-corrected chi connectivity index (χ4v) is 3.84. The highest BCUT2D eigenvalue weighted by atomic mass is 16.5. The predicted molar refractivity (Wildman–Crippen MR) is 71.0 cm³/mol. The highest BCUT2D eigenvalue weighted by molar-refractivity contribution is 5.04. The van der Waals surface area contributed by atoms with Crippen molar-refractivity contribution < 1.29 is 4.74 Å². The van der Waals surface area contributed by atoms with E-state index in [1.54, 1.807) is 0 Å². The van der Waals surface area contributed by atoms with Crippen LogP contribution < -0.4 is 5.73 Å². The number of nitrogens with two attached hydrogens (primary N) is 1. The summed E-state index contributed by atoms with van der Waals surface area (Å²) in [7, 11) is 2.25. The molecule has 2 N–H and O–H groups in total. The Bertz CT molecular complexity index is 279. The van der Waals surface area contributed by atoms with Gasteiger partial charge in [0.2, 0.25) is 0 Å². The third kappa shape index (κ3) is 2.38. The lowest BCUT2D eigenvalue weighted by molar-refractivity contribution is 0.0263. The van der Waals surface area contributed by atoms with Crippen molar-refractivity contribution in [3.8, 4) is 0 Å². The molecule has 1 aliphatic carbocycles. The molecule has 3 atom stereocenters. The SMILES string of the molecule is CC1OCCC1N(C)C1(CN)CCC(C)(C)C1. The Hall–Kier alpha value is -0.120. The largest absolute Gasteiger partial charge is 0.377 e. The maximum Gasteiger partial charge on any atom is 0.0703 e. The molecule has 0 radical (unpaired) electrons. The lowest BCUT2D eigenvalue weighted by atomic mass is 9.85. The summed E-state index contributed by atoms with van der Waals surface area (Å²) in [5.74, 6) is 0. The van der Waals surface area contributed by atoms with Gasteiger partial charge in [0.05, 0.1) is 6.10 Å². The summed E-state index contributed by atoms with van der Waals surface area (Å²) in [5.41, 5.74) is 6.77. The zero-order chi connectivity index (χ0) is 12.7. The topological polar surface area (TPSA) is 38.5 Å². The van der Waals surface area contributed by atoms with Crippen LogP contribution in [-0.4, -0.2) is 42.8 Å². The highest BCUT2D eigenvalue weighted by Gasteiger charge is 2.48. The van der Waals surface area contributed by atoms with E-state index in [4.69, 9.17) is 10.5 Å². The van der Waals surface area contributed by atoms with Gasteiger partial charge in [0, 0.05) is 24.7 Å². The van der Waals surface area contributed by atoms with E-state index < -0.39 is 0 Å². The van der Waals surface area contributed by atoms with Crippen molar-refractivity contribution in [2.75, 3.05) is 20.2 Å². The third-order valence-corrected chi connectivity index (χ3v) is 5.04. The fourth-order valence-electron chi connectivity index (χ4n) is 3.84. The normalized spacial score (nSPS) is 41.3. The summed E-state index contributed by atoms with van der Waals surface area (Å²) < 4.78 is 5.71. The van der Waals surface area contributed by atoms with Crippen LogP contribution in [0.1, 0.15) is 46.5 Å². The number of hydrogen-bond acceptors (Lipinski definition) is 3. The molecule has 0 amide bonds. The first-order chi connectivity index (χ1) is 7.90. The van der Waals surface area contributed by atoms with Gasteiger partial charge in [-0.1, -0.05) is 13.8 Å².